The maximum Gasteiger partial charge on any atom is 0.338 e. The van der Waals surface area contributed by atoms with Gasteiger partial charge >= 0.3 is 5.97 Å². The molecule has 1 aliphatic rings. The number of esters is 1. The first kappa shape index (κ1) is 17.2. The second-order valence-electron chi connectivity index (χ2n) is 5.80. The molecule has 1 aromatic rings. The van der Waals surface area contributed by atoms with Crippen LogP contribution in [0.2, 0.25) is 0 Å². The molecule has 22 heavy (non-hydrogen) atoms. The van der Waals surface area contributed by atoms with E-state index in [1.54, 1.807) is 6.07 Å². The largest absolute Gasteiger partial charge is 0.459 e. The molecule has 0 bridgehead atoms. The fraction of sp³-hybridized carbons (Fsp3) is 0.588. The van der Waals surface area contributed by atoms with Crippen molar-refractivity contribution >= 4 is 14.0 Å². The van der Waals surface area contributed by atoms with Crippen molar-refractivity contribution in [1.82, 2.24) is 0 Å². The zero-order chi connectivity index (χ0) is 15.8. The maximum absolute atomic E-state index is 12.2. The summed E-state index contributed by atoms with van der Waals surface area (Å²) in [6, 6.07) is 7.55. The van der Waals surface area contributed by atoms with Gasteiger partial charge in [-0.1, -0.05) is 18.6 Å². The van der Waals surface area contributed by atoms with Crippen molar-refractivity contribution in [3.05, 3.63) is 35.4 Å². The Morgan fingerprint density at radius 1 is 1.27 bits per heavy atom. The third-order valence-corrected chi connectivity index (χ3v) is 5.28. The van der Waals surface area contributed by atoms with E-state index in [1.165, 1.54) is 13.5 Å². The summed E-state index contributed by atoms with van der Waals surface area (Å²) in [4.78, 5) is 12.2. The lowest BCUT2D eigenvalue weighted by atomic mass is 9.98. The Hall–Kier alpha value is -1.12. The molecule has 1 atom stereocenters. The number of carbonyl (C=O) groups excluding carboxylic acids is 1. The highest BCUT2D eigenvalue weighted by Crippen LogP contribution is 2.23. The molecule has 1 aromatic carbocycles. The lowest BCUT2D eigenvalue weighted by molar-refractivity contribution is 0.0211. The summed E-state index contributed by atoms with van der Waals surface area (Å²) >= 11 is 0. The third-order valence-electron chi connectivity index (χ3n) is 4.06. The molecule has 0 spiro atoms. The van der Waals surface area contributed by atoms with Gasteiger partial charge in [0.25, 0.3) is 0 Å². The van der Waals surface area contributed by atoms with E-state index in [9.17, 15) is 9.36 Å². The van der Waals surface area contributed by atoms with Crippen molar-refractivity contribution in [3.63, 3.8) is 0 Å². The first-order valence-electron chi connectivity index (χ1n) is 8.06. The van der Waals surface area contributed by atoms with E-state index < -0.39 is 8.03 Å². The van der Waals surface area contributed by atoms with Crippen molar-refractivity contribution in [3.8, 4) is 0 Å². The fourth-order valence-electron chi connectivity index (χ4n) is 2.80. The average Bonchev–Trinajstić information content (AvgIpc) is 2.56. The van der Waals surface area contributed by atoms with E-state index >= 15 is 0 Å². The lowest BCUT2D eigenvalue weighted by Gasteiger charge is -2.21. The Morgan fingerprint density at radius 2 is 2.05 bits per heavy atom. The molecule has 0 radical (unpaired) electrons. The van der Waals surface area contributed by atoms with Crippen LogP contribution in [0, 0.1) is 0 Å². The number of benzene rings is 1. The number of hydrogen-bond donors (Lipinski definition) is 0. The molecule has 0 N–H and O–H groups in total. The molecule has 5 heteroatoms. The van der Waals surface area contributed by atoms with Crippen LogP contribution in [0.1, 0.15) is 54.4 Å². The van der Waals surface area contributed by atoms with E-state index in [4.69, 9.17) is 9.26 Å². The molecule has 1 saturated carbocycles. The Labute approximate surface area is 133 Å². The second-order valence-corrected chi connectivity index (χ2v) is 7.45. The van der Waals surface area contributed by atoms with Gasteiger partial charge in [-0.05, 0) is 56.2 Å². The van der Waals surface area contributed by atoms with Gasteiger partial charge in [0.1, 0.15) is 6.10 Å². The summed E-state index contributed by atoms with van der Waals surface area (Å²) in [5.41, 5.74) is 1.69. The predicted molar refractivity (Wildman–Crippen MR) is 87.9 cm³/mol. The number of aryl methyl sites for hydroxylation is 1. The Bertz CT molecular complexity index is 509. The van der Waals surface area contributed by atoms with Crippen LogP contribution in [0.15, 0.2) is 24.3 Å². The first-order valence-corrected chi connectivity index (χ1v) is 9.58. The molecule has 0 aromatic heterocycles. The van der Waals surface area contributed by atoms with E-state index in [2.05, 4.69) is 0 Å². The van der Waals surface area contributed by atoms with Gasteiger partial charge in [0.05, 0.1) is 5.56 Å². The van der Waals surface area contributed by atoms with Gasteiger partial charge in [0.2, 0.25) is 0 Å². The molecular formula is C17H25O4P. The van der Waals surface area contributed by atoms with E-state index in [-0.39, 0.29) is 12.1 Å². The first-order chi connectivity index (χ1) is 10.7. The maximum atomic E-state index is 12.2. The topological polar surface area (TPSA) is 52.6 Å². The van der Waals surface area contributed by atoms with Gasteiger partial charge in [-0.15, -0.1) is 0 Å². The molecule has 0 amide bonds. The fourth-order valence-corrected chi connectivity index (χ4v) is 3.46. The molecule has 0 saturated heterocycles. The van der Waals surface area contributed by atoms with Crippen LogP contribution >= 0.6 is 8.03 Å². The van der Waals surface area contributed by atoms with E-state index in [1.807, 2.05) is 18.2 Å². The molecule has 1 fully saturated rings. The van der Waals surface area contributed by atoms with Crippen LogP contribution in [-0.2, 0) is 20.2 Å². The van der Waals surface area contributed by atoms with Crippen molar-refractivity contribution in [2.45, 2.75) is 51.0 Å². The van der Waals surface area contributed by atoms with Gasteiger partial charge in [0, 0.05) is 13.3 Å². The highest BCUT2D eigenvalue weighted by atomic mass is 31.1. The summed E-state index contributed by atoms with van der Waals surface area (Å²) in [7, 11) is -0.410. The summed E-state index contributed by atoms with van der Waals surface area (Å²) in [5.74, 6) is -0.223. The van der Waals surface area contributed by atoms with Gasteiger partial charge in [-0.2, -0.15) is 0 Å². The number of ether oxygens (including phenoxy) is 1. The number of rotatable bonds is 7. The normalized spacial score (nSPS) is 17.1. The van der Waals surface area contributed by atoms with Crippen LogP contribution < -0.4 is 0 Å². The highest BCUT2D eigenvalue weighted by Gasteiger charge is 2.18. The monoisotopic (exact) mass is 324 g/mol. The molecule has 122 valence electrons. The predicted octanol–water partition coefficient (Wildman–Crippen LogP) is 4.23. The van der Waals surface area contributed by atoms with E-state index in [0.29, 0.717) is 11.7 Å². The van der Waals surface area contributed by atoms with Gasteiger partial charge in [-0.25, -0.2) is 4.79 Å². The molecule has 4 nitrogen and oxygen atoms in total. The smallest absolute Gasteiger partial charge is 0.338 e. The lowest BCUT2D eigenvalue weighted by Crippen LogP contribution is -2.21. The van der Waals surface area contributed by atoms with Crippen molar-refractivity contribution in [2.24, 2.45) is 0 Å². The average molecular weight is 324 g/mol. The molecule has 0 heterocycles. The summed E-state index contributed by atoms with van der Waals surface area (Å²) in [6.45, 7) is 0. The quantitative estimate of drug-likeness (QED) is 0.556. The van der Waals surface area contributed by atoms with Crippen molar-refractivity contribution < 1.29 is 18.6 Å². The molecule has 0 aliphatic heterocycles. The SMILES string of the molecule is CO[PH](=O)CCCc1cccc(C(=O)OC2CCCCC2)c1. The van der Waals surface area contributed by atoms with Crippen LogP contribution in [-0.4, -0.2) is 25.3 Å². The van der Waals surface area contributed by atoms with Gasteiger partial charge in [0.15, 0.2) is 8.03 Å². The number of carbonyl (C=O) groups is 1. The van der Waals surface area contributed by atoms with Crippen LogP contribution in [0.5, 0.6) is 0 Å². The zero-order valence-electron chi connectivity index (χ0n) is 13.2. The van der Waals surface area contributed by atoms with Gasteiger partial charge in [-0.3, -0.25) is 4.57 Å². The highest BCUT2D eigenvalue weighted by molar-refractivity contribution is 7.39. The minimum atomic E-state index is -1.89. The Morgan fingerprint density at radius 3 is 2.77 bits per heavy atom. The Kier molecular flexibility index (Phi) is 7.14. The van der Waals surface area contributed by atoms with Crippen LogP contribution in [0.25, 0.3) is 0 Å². The van der Waals surface area contributed by atoms with Crippen molar-refractivity contribution in [2.75, 3.05) is 13.3 Å². The zero-order valence-corrected chi connectivity index (χ0v) is 14.2. The molecular weight excluding hydrogens is 299 g/mol. The molecule has 2 rings (SSSR count). The summed E-state index contributed by atoms with van der Waals surface area (Å²) in [5, 5.41) is 0. The second kappa shape index (κ2) is 9.12. The summed E-state index contributed by atoms with van der Waals surface area (Å²) < 4.78 is 21.7. The minimum absolute atomic E-state index is 0.0808. The standard InChI is InChI=1S/C17H25O4P/c1-20-22(19)12-6-8-14-7-5-9-15(13-14)17(18)21-16-10-3-2-4-11-16/h5,7,9,13,16,22H,2-4,6,8,10-12H2,1H3. The summed E-state index contributed by atoms with van der Waals surface area (Å²) in [6.07, 6.45) is 7.77. The molecule has 1 unspecified atom stereocenters. The number of hydrogen-bond acceptors (Lipinski definition) is 4. The minimum Gasteiger partial charge on any atom is -0.459 e. The van der Waals surface area contributed by atoms with Crippen LogP contribution in [0.4, 0.5) is 0 Å². The van der Waals surface area contributed by atoms with Crippen molar-refractivity contribution in [1.29, 1.82) is 0 Å². The Balaban J connectivity index is 1.86. The van der Waals surface area contributed by atoms with Gasteiger partial charge < -0.3 is 9.26 Å². The third kappa shape index (κ3) is 5.58. The molecule has 1 aliphatic carbocycles. The van der Waals surface area contributed by atoms with E-state index in [0.717, 1.165) is 44.1 Å². The van der Waals surface area contributed by atoms with Crippen LogP contribution in [0.3, 0.4) is 0 Å².